The summed E-state index contributed by atoms with van der Waals surface area (Å²) < 4.78 is 0. The molecule has 1 aromatic rings. The van der Waals surface area contributed by atoms with Crippen molar-refractivity contribution in [2.45, 2.75) is 32.4 Å². The number of carbonyl (C=O) groups is 1. The van der Waals surface area contributed by atoms with Gasteiger partial charge >= 0.3 is 0 Å². The first-order valence-electron chi connectivity index (χ1n) is 6.33. The largest absolute Gasteiger partial charge is 0.324 e. The molecule has 1 rings (SSSR count). The molecule has 1 atom stereocenters. The molecule has 18 heavy (non-hydrogen) atoms. The van der Waals surface area contributed by atoms with E-state index in [9.17, 15) is 4.79 Å². The molecule has 1 unspecified atom stereocenters. The molecule has 0 aliphatic heterocycles. The molecule has 0 fully saturated rings. The maximum atomic E-state index is 11.9. The number of carbonyl (C=O) groups excluding carboxylic acids is 1. The molecule has 0 bridgehead atoms. The predicted molar refractivity (Wildman–Crippen MR) is 75.3 cm³/mol. The molecule has 1 aromatic carbocycles. The molecule has 0 saturated carbocycles. The van der Waals surface area contributed by atoms with E-state index >= 15 is 0 Å². The summed E-state index contributed by atoms with van der Waals surface area (Å²) in [7, 11) is 4.00. The number of nitrogens with two attached hydrogens (primary N) is 1. The van der Waals surface area contributed by atoms with Gasteiger partial charge in [-0.2, -0.15) is 0 Å². The summed E-state index contributed by atoms with van der Waals surface area (Å²) in [5.74, 6) is -0.108. The Hall–Kier alpha value is -1.39. The first-order chi connectivity index (χ1) is 8.54. The van der Waals surface area contributed by atoms with E-state index in [4.69, 9.17) is 5.73 Å². The second-order valence-corrected chi connectivity index (χ2v) is 4.78. The Labute approximate surface area is 109 Å². The number of amides is 1. The Morgan fingerprint density at radius 1 is 1.39 bits per heavy atom. The van der Waals surface area contributed by atoms with Gasteiger partial charge in [0.05, 0.1) is 6.04 Å². The van der Waals surface area contributed by atoms with E-state index < -0.39 is 6.04 Å². The third kappa shape index (κ3) is 4.47. The van der Waals surface area contributed by atoms with Crippen LogP contribution in [0.4, 0.5) is 5.69 Å². The van der Waals surface area contributed by atoms with Gasteiger partial charge in [-0.3, -0.25) is 4.79 Å². The minimum Gasteiger partial charge on any atom is -0.324 e. The summed E-state index contributed by atoms with van der Waals surface area (Å²) >= 11 is 0. The highest BCUT2D eigenvalue weighted by molar-refractivity contribution is 5.95. The van der Waals surface area contributed by atoms with Gasteiger partial charge in [-0.15, -0.1) is 0 Å². The number of rotatable bonds is 6. The van der Waals surface area contributed by atoms with Crippen LogP contribution in [-0.2, 0) is 11.3 Å². The lowest BCUT2D eigenvalue weighted by atomic mass is 10.1. The van der Waals surface area contributed by atoms with Crippen LogP contribution in [-0.4, -0.2) is 30.9 Å². The van der Waals surface area contributed by atoms with Crippen molar-refractivity contribution in [1.29, 1.82) is 0 Å². The van der Waals surface area contributed by atoms with Crippen molar-refractivity contribution in [3.63, 3.8) is 0 Å². The van der Waals surface area contributed by atoms with Gasteiger partial charge in [0.25, 0.3) is 0 Å². The fourth-order valence-corrected chi connectivity index (χ4v) is 1.79. The third-order valence-electron chi connectivity index (χ3n) is 2.70. The molecule has 0 aromatic heterocycles. The molecule has 0 aliphatic rings. The minimum atomic E-state index is -0.428. The molecular formula is C14H23N3O. The number of nitrogens with one attached hydrogen (secondary N) is 1. The van der Waals surface area contributed by atoms with Crippen LogP contribution < -0.4 is 11.1 Å². The lowest BCUT2D eigenvalue weighted by Gasteiger charge is -2.16. The summed E-state index contributed by atoms with van der Waals surface area (Å²) in [5.41, 5.74) is 7.75. The van der Waals surface area contributed by atoms with Gasteiger partial charge in [0.15, 0.2) is 0 Å². The van der Waals surface area contributed by atoms with E-state index in [1.54, 1.807) is 0 Å². The molecule has 100 valence electrons. The van der Waals surface area contributed by atoms with E-state index in [-0.39, 0.29) is 5.91 Å². The third-order valence-corrected chi connectivity index (χ3v) is 2.70. The second kappa shape index (κ2) is 7.13. The van der Waals surface area contributed by atoms with Crippen LogP contribution in [0.3, 0.4) is 0 Å². The second-order valence-electron chi connectivity index (χ2n) is 4.78. The normalized spacial score (nSPS) is 12.5. The highest BCUT2D eigenvalue weighted by atomic mass is 16.2. The number of hydrogen-bond donors (Lipinski definition) is 2. The zero-order valence-electron chi connectivity index (χ0n) is 11.4. The summed E-state index contributed by atoms with van der Waals surface area (Å²) in [5, 5.41) is 2.91. The lowest BCUT2D eigenvalue weighted by Crippen LogP contribution is -2.35. The molecule has 3 N–H and O–H groups in total. The van der Waals surface area contributed by atoms with Gasteiger partial charge in [0.1, 0.15) is 0 Å². The van der Waals surface area contributed by atoms with Crippen LogP contribution in [0.25, 0.3) is 0 Å². The number of nitrogens with zero attached hydrogens (tertiary/aromatic N) is 1. The molecule has 4 nitrogen and oxygen atoms in total. The fraction of sp³-hybridized carbons (Fsp3) is 0.500. The van der Waals surface area contributed by atoms with Gasteiger partial charge in [0, 0.05) is 12.2 Å². The Morgan fingerprint density at radius 3 is 2.67 bits per heavy atom. The first-order valence-corrected chi connectivity index (χ1v) is 6.33. The van der Waals surface area contributed by atoms with Gasteiger partial charge < -0.3 is 16.0 Å². The lowest BCUT2D eigenvalue weighted by molar-refractivity contribution is -0.117. The van der Waals surface area contributed by atoms with E-state index in [0.717, 1.165) is 24.2 Å². The summed E-state index contributed by atoms with van der Waals surface area (Å²) in [6.45, 7) is 2.81. The van der Waals surface area contributed by atoms with Gasteiger partial charge in [-0.05, 0) is 32.1 Å². The van der Waals surface area contributed by atoms with Crippen molar-refractivity contribution in [2.75, 3.05) is 19.4 Å². The van der Waals surface area contributed by atoms with E-state index in [0.29, 0.717) is 6.42 Å². The highest BCUT2D eigenvalue weighted by Gasteiger charge is 2.13. The fourth-order valence-electron chi connectivity index (χ4n) is 1.79. The van der Waals surface area contributed by atoms with E-state index in [1.165, 1.54) is 0 Å². The molecule has 4 heteroatoms. The van der Waals surface area contributed by atoms with Crippen molar-refractivity contribution in [3.8, 4) is 0 Å². The van der Waals surface area contributed by atoms with Crippen molar-refractivity contribution in [1.82, 2.24) is 4.90 Å². The Balaban J connectivity index is 2.74. The molecule has 0 saturated heterocycles. The number of anilines is 1. The standard InChI is InChI=1S/C14H23N3O/c1-4-7-12(15)14(18)16-13-9-6-5-8-11(13)10-17(2)3/h5-6,8-9,12H,4,7,10,15H2,1-3H3,(H,16,18). The maximum absolute atomic E-state index is 11.9. The first kappa shape index (κ1) is 14.7. The number of para-hydroxylation sites is 1. The predicted octanol–water partition coefficient (Wildman–Crippen LogP) is 1.81. The van der Waals surface area contributed by atoms with Crippen LogP contribution in [0.2, 0.25) is 0 Å². The highest BCUT2D eigenvalue weighted by Crippen LogP contribution is 2.16. The summed E-state index contributed by atoms with van der Waals surface area (Å²) in [6.07, 6.45) is 1.62. The Morgan fingerprint density at radius 2 is 2.06 bits per heavy atom. The molecule has 0 radical (unpaired) electrons. The number of hydrogen-bond acceptors (Lipinski definition) is 3. The van der Waals surface area contributed by atoms with Crippen LogP contribution in [0.5, 0.6) is 0 Å². The number of benzene rings is 1. The van der Waals surface area contributed by atoms with Crippen LogP contribution in [0, 0.1) is 0 Å². The molecule has 1 amide bonds. The molecular weight excluding hydrogens is 226 g/mol. The quantitative estimate of drug-likeness (QED) is 0.808. The van der Waals surface area contributed by atoms with Crippen LogP contribution >= 0.6 is 0 Å². The molecule has 0 spiro atoms. The van der Waals surface area contributed by atoms with Crippen molar-refractivity contribution >= 4 is 11.6 Å². The minimum absolute atomic E-state index is 0.108. The van der Waals surface area contributed by atoms with Crippen molar-refractivity contribution < 1.29 is 4.79 Å². The Bertz CT molecular complexity index is 390. The smallest absolute Gasteiger partial charge is 0.241 e. The molecule has 0 aliphatic carbocycles. The van der Waals surface area contributed by atoms with Gasteiger partial charge in [0.2, 0.25) is 5.91 Å². The summed E-state index contributed by atoms with van der Waals surface area (Å²) in [4.78, 5) is 14.0. The van der Waals surface area contributed by atoms with Crippen LogP contribution in [0.15, 0.2) is 24.3 Å². The SMILES string of the molecule is CCCC(N)C(=O)Nc1ccccc1CN(C)C. The zero-order valence-corrected chi connectivity index (χ0v) is 11.4. The topological polar surface area (TPSA) is 58.4 Å². The Kier molecular flexibility index (Phi) is 5.82. The van der Waals surface area contributed by atoms with Crippen LogP contribution in [0.1, 0.15) is 25.3 Å². The average Bonchev–Trinajstić information content (AvgIpc) is 2.31. The summed E-state index contributed by atoms with van der Waals surface area (Å²) in [6, 6.07) is 7.39. The van der Waals surface area contributed by atoms with Gasteiger partial charge in [-0.1, -0.05) is 31.5 Å². The van der Waals surface area contributed by atoms with Crippen molar-refractivity contribution in [2.24, 2.45) is 5.73 Å². The van der Waals surface area contributed by atoms with E-state index in [2.05, 4.69) is 10.2 Å². The monoisotopic (exact) mass is 249 g/mol. The maximum Gasteiger partial charge on any atom is 0.241 e. The average molecular weight is 249 g/mol. The van der Waals surface area contributed by atoms with E-state index in [1.807, 2.05) is 45.3 Å². The van der Waals surface area contributed by atoms with Gasteiger partial charge in [-0.25, -0.2) is 0 Å². The zero-order chi connectivity index (χ0) is 13.5. The van der Waals surface area contributed by atoms with Crippen molar-refractivity contribution in [3.05, 3.63) is 29.8 Å². The molecule has 0 heterocycles.